The van der Waals surface area contributed by atoms with Crippen molar-refractivity contribution >= 4 is 11.7 Å². The average Bonchev–Trinajstić information content (AvgIpc) is 2.39. The normalized spacial score (nSPS) is 12.2. The third-order valence-electron chi connectivity index (χ3n) is 2.40. The quantitative estimate of drug-likeness (QED) is 0.387. The van der Waals surface area contributed by atoms with E-state index in [-0.39, 0.29) is 18.1 Å². The molecule has 0 aliphatic heterocycles. The molecule has 6 nitrogen and oxygen atoms in total. The molecule has 1 aromatic carbocycles. The lowest BCUT2D eigenvalue weighted by molar-refractivity contribution is -0.138. The Morgan fingerprint density at radius 1 is 1.40 bits per heavy atom. The van der Waals surface area contributed by atoms with Crippen LogP contribution >= 0.6 is 0 Å². The summed E-state index contributed by atoms with van der Waals surface area (Å²) in [6, 6.07) is 5.39. The Morgan fingerprint density at radius 2 is 2.10 bits per heavy atom. The summed E-state index contributed by atoms with van der Waals surface area (Å²) in [6.45, 7) is 5.11. The molecule has 20 heavy (non-hydrogen) atoms. The number of carbonyl (C=O) groups is 1. The predicted octanol–water partition coefficient (Wildman–Crippen LogP) is 3.44. The van der Waals surface area contributed by atoms with E-state index in [4.69, 9.17) is 9.47 Å². The fourth-order valence-electron chi connectivity index (χ4n) is 1.44. The molecule has 0 amide bonds. The first-order valence-electron chi connectivity index (χ1n) is 6.13. The highest BCUT2D eigenvalue weighted by molar-refractivity contribution is 5.88. The minimum absolute atomic E-state index is 0.193. The lowest BCUT2D eigenvalue weighted by Gasteiger charge is -2.05. The van der Waals surface area contributed by atoms with Crippen molar-refractivity contribution in [2.24, 2.45) is 10.2 Å². The van der Waals surface area contributed by atoms with Crippen molar-refractivity contribution < 1.29 is 19.4 Å². The molecule has 0 aliphatic carbocycles. The molecule has 0 heterocycles. The summed E-state index contributed by atoms with van der Waals surface area (Å²) < 4.78 is 9.94. The molecule has 6 heteroatoms. The summed E-state index contributed by atoms with van der Waals surface area (Å²) >= 11 is 0. The number of carbonyl (C=O) groups excluding carboxylic acids is 1. The molecule has 0 saturated carbocycles. The van der Waals surface area contributed by atoms with Gasteiger partial charge in [-0.1, -0.05) is 6.07 Å². The van der Waals surface area contributed by atoms with E-state index < -0.39 is 5.97 Å². The Kier molecular flexibility index (Phi) is 5.71. The number of hydrogen-bond acceptors (Lipinski definition) is 6. The Bertz CT molecular complexity index is 546. The zero-order valence-electron chi connectivity index (χ0n) is 12.0. The van der Waals surface area contributed by atoms with Crippen LogP contribution in [-0.2, 0) is 9.53 Å². The van der Waals surface area contributed by atoms with Gasteiger partial charge in [0.15, 0.2) is 0 Å². The summed E-state index contributed by atoms with van der Waals surface area (Å²) in [4.78, 5) is 11.6. The first-order chi connectivity index (χ1) is 9.49. The second kappa shape index (κ2) is 7.28. The summed E-state index contributed by atoms with van der Waals surface area (Å²) in [5.41, 5.74) is 1.22. The van der Waals surface area contributed by atoms with Crippen LogP contribution in [0.2, 0.25) is 0 Å². The second-order valence-electron chi connectivity index (χ2n) is 4.03. The molecule has 0 fully saturated rings. The summed E-state index contributed by atoms with van der Waals surface area (Å²) in [7, 11) is 1.52. The summed E-state index contributed by atoms with van der Waals surface area (Å²) in [6.07, 6.45) is 0. The van der Waals surface area contributed by atoms with Gasteiger partial charge in [-0.25, -0.2) is 4.79 Å². The highest BCUT2D eigenvalue weighted by atomic mass is 16.5. The molecule has 0 saturated heterocycles. The van der Waals surface area contributed by atoms with Gasteiger partial charge in [-0.3, -0.25) is 0 Å². The van der Waals surface area contributed by atoms with E-state index in [1.807, 2.05) is 13.0 Å². The Hall–Kier alpha value is -2.37. The number of methoxy groups -OCH3 is 1. The van der Waals surface area contributed by atoms with Gasteiger partial charge in [-0.2, -0.15) is 0 Å². The Morgan fingerprint density at radius 3 is 2.65 bits per heavy atom. The van der Waals surface area contributed by atoms with Crippen molar-refractivity contribution in [3.63, 3.8) is 0 Å². The van der Waals surface area contributed by atoms with Crippen LogP contribution in [0, 0.1) is 6.92 Å². The van der Waals surface area contributed by atoms with Gasteiger partial charge in [0.05, 0.1) is 13.7 Å². The molecular weight excluding hydrogens is 260 g/mol. The fraction of sp³-hybridized carbons (Fsp3) is 0.357. The van der Waals surface area contributed by atoms with Gasteiger partial charge in [0, 0.05) is 0 Å². The largest absolute Gasteiger partial charge is 0.510 e. The van der Waals surface area contributed by atoms with Gasteiger partial charge in [-0.15, -0.1) is 10.2 Å². The maximum Gasteiger partial charge on any atom is 0.362 e. The molecule has 1 N–H and O–H groups in total. The van der Waals surface area contributed by atoms with Crippen molar-refractivity contribution in [1.29, 1.82) is 0 Å². The summed E-state index contributed by atoms with van der Waals surface area (Å²) in [5, 5.41) is 17.2. The van der Waals surface area contributed by atoms with Crippen molar-refractivity contribution in [2.45, 2.75) is 20.8 Å². The van der Waals surface area contributed by atoms with E-state index >= 15 is 0 Å². The minimum Gasteiger partial charge on any atom is -0.510 e. The Labute approximate surface area is 117 Å². The molecule has 0 spiro atoms. The van der Waals surface area contributed by atoms with E-state index in [0.717, 1.165) is 5.56 Å². The third-order valence-corrected chi connectivity index (χ3v) is 2.40. The van der Waals surface area contributed by atoms with Gasteiger partial charge >= 0.3 is 5.97 Å². The molecule has 0 aliphatic rings. The van der Waals surface area contributed by atoms with Crippen LogP contribution < -0.4 is 4.74 Å². The van der Waals surface area contributed by atoms with Gasteiger partial charge in [0.2, 0.25) is 5.70 Å². The highest BCUT2D eigenvalue weighted by Crippen LogP contribution is 2.29. The van der Waals surface area contributed by atoms with Crippen LogP contribution in [0.5, 0.6) is 5.75 Å². The molecule has 0 bridgehead atoms. The minimum atomic E-state index is -0.720. The number of nitrogens with zero attached hydrogens (tertiary/aromatic N) is 2. The number of hydrogen-bond donors (Lipinski definition) is 1. The standard InChI is InChI=1S/C14H18N2O4/c1-5-20-14(18)13(10(3)17)16-15-11-8-9(2)6-7-12(11)19-4/h6-8,17H,5H2,1-4H3. The number of allylic oxidation sites excluding steroid dienone is 1. The van der Waals surface area contributed by atoms with E-state index in [0.29, 0.717) is 11.4 Å². The van der Waals surface area contributed by atoms with Crippen LogP contribution in [0.4, 0.5) is 5.69 Å². The van der Waals surface area contributed by atoms with E-state index in [1.54, 1.807) is 19.1 Å². The number of rotatable bonds is 5. The van der Waals surface area contributed by atoms with Gasteiger partial charge in [-0.05, 0) is 38.5 Å². The molecule has 1 rings (SSSR count). The smallest absolute Gasteiger partial charge is 0.362 e. The molecule has 0 aromatic heterocycles. The highest BCUT2D eigenvalue weighted by Gasteiger charge is 2.14. The summed E-state index contributed by atoms with van der Waals surface area (Å²) in [5.74, 6) is -0.445. The van der Waals surface area contributed by atoms with Crippen LogP contribution in [0.1, 0.15) is 19.4 Å². The van der Waals surface area contributed by atoms with Crippen LogP contribution in [-0.4, -0.2) is 24.8 Å². The molecule has 0 unspecified atom stereocenters. The van der Waals surface area contributed by atoms with E-state index in [9.17, 15) is 9.90 Å². The number of azo groups is 1. The maximum absolute atomic E-state index is 11.6. The molecule has 0 atom stereocenters. The number of aryl methyl sites for hydroxylation is 1. The van der Waals surface area contributed by atoms with Gasteiger partial charge in [0.1, 0.15) is 17.2 Å². The Balaban J connectivity index is 3.09. The van der Waals surface area contributed by atoms with Crippen LogP contribution in [0.15, 0.2) is 39.9 Å². The third kappa shape index (κ3) is 4.08. The van der Waals surface area contributed by atoms with Crippen molar-refractivity contribution in [3.05, 3.63) is 35.2 Å². The monoisotopic (exact) mass is 278 g/mol. The van der Waals surface area contributed by atoms with Gasteiger partial charge in [0.25, 0.3) is 0 Å². The van der Waals surface area contributed by atoms with Crippen molar-refractivity contribution in [1.82, 2.24) is 0 Å². The molecule has 0 radical (unpaired) electrons. The van der Waals surface area contributed by atoms with Crippen molar-refractivity contribution in [2.75, 3.05) is 13.7 Å². The van der Waals surface area contributed by atoms with Crippen LogP contribution in [0.3, 0.4) is 0 Å². The zero-order valence-corrected chi connectivity index (χ0v) is 12.0. The number of ether oxygens (including phenoxy) is 2. The molecular formula is C14H18N2O4. The fourth-order valence-corrected chi connectivity index (χ4v) is 1.44. The number of esters is 1. The predicted molar refractivity (Wildman–Crippen MR) is 74.2 cm³/mol. The zero-order chi connectivity index (χ0) is 15.1. The molecule has 1 aromatic rings. The molecule has 108 valence electrons. The lowest BCUT2D eigenvalue weighted by Crippen LogP contribution is -2.07. The maximum atomic E-state index is 11.6. The SMILES string of the molecule is CCOC(=O)C(N=Nc1cc(C)ccc1OC)=C(C)O. The number of aliphatic hydroxyl groups is 1. The first-order valence-corrected chi connectivity index (χ1v) is 6.13. The number of aliphatic hydroxyl groups excluding tert-OH is 1. The first kappa shape index (κ1) is 15.7. The van der Waals surface area contributed by atoms with Crippen LogP contribution in [0.25, 0.3) is 0 Å². The second-order valence-corrected chi connectivity index (χ2v) is 4.03. The lowest BCUT2D eigenvalue weighted by atomic mass is 10.2. The van der Waals surface area contributed by atoms with Gasteiger partial charge < -0.3 is 14.6 Å². The van der Waals surface area contributed by atoms with E-state index in [2.05, 4.69) is 10.2 Å². The van der Waals surface area contributed by atoms with Crippen molar-refractivity contribution in [3.8, 4) is 5.75 Å². The van der Waals surface area contributed by atoms with E-state index in [1.165, 1.54) is 14.0 Å². The number of benzene rings is 1. The topological polar surface area (TPSA) is 80.5 Å². The average molecular weight is 278 g/mol.